The van der Waals surface area contributed by atoms with Crippen LogP contribution in [0.2, 0.25) is 0 Å². The number of Topliss-reactive ketones (excluding diaryl/α,β-unsaturated/α-hetero) is 4. The topological polar surface area (TPSA) is 310 Å². The van der Waals surface area contributed by atoms with E-state index in [1.807, 2.05) is 133 Å². The van der Waals surface area contributed by atoms with E-state index in [2.05, 4.69) is 30.7 Å². The van der Waals surface area contributed by atoms with E-state index >= 15 is 0 Å². The quantitative estimate of drug-likeness (QED) is 0.0500. The zero-order chi connectivity index (χ0) is 90.9. The molecule has 12 bridgehead atoms. The fourth-order valence-electron chi connectivity index (χ4n) is 16.5. The molecule has 3 saturated heterocycles. The van der Waals surface area contributed by atoms with Crippen LogP contribution in [0.3, 0.4) is 0 Å². The van der Waals surface area contributed by atoms with Crippen LogP contribution >= 0.6 is 50.2 Å². The number of benzene rings is 6. The number of rotatable bonds is 14. The van der Waals surface area contributed by atoms with E-state index in [0.717, 1.165) is 97.8 Å². The van der Waals surface area contributed by atoms with E-state index < -0.39 is 70.3 Å². The summed E-state index contributed by atoms with van der Waals surface area (Å²) in [4.78, 5) is 125. The molecule has 692 valence electrons. The molecule has 8 aliphatic rings. The molecule has 126 heavy (non-hydrogen) atoms. The van der Waals surface area contributed by atoms with Crippen LogP contribution in [0.25, 0.3) is 0 Å². The molecular formula is C97H137FN7O17PS3. The lowest BCUT2D eigenvalue weighted by Crippen LogP contribution is -2.48. The van der Waals surface area contributed by atoms with Crippen molar-refractivity contribution in [3.05, 3.63) is 179 Å². The zero-order valence-corrected chi connectivity index (χ0v) is 77.4. The number of ketones is 4. The van der Waals surface area contributed by atoms with Gasteiger partial charge in [-0.25, -0.2) is 9.59 Å². The number of alkyl halides is 1. The van der Waals surface area contributed by atoms with E-state index in [4.69, 9.17) is 44.1 Å². The first-order valence-corrected chi connectivity index (χ1v) is 44.0. The molecule has 6 aromatic carbocycles. The second-order valence-corrected chi connectivity index (χ2v) is 34.3. The third-order valence-electron chi connectivity index (χ3n) is 23.4. The first-order valence-electron chi connectivity index (χ1n) is 46.0. The summed E-state index contributed by atoms with van der Waals surface area (Å²) < 4.78 is 73.6. The van der Waals surface area contributed by atoms with Crippen molar-refractivity contribution in [1.29, 1.82) is 3.84 Å². The number of amides is 3. The molecule has 0 aromatic heterocycles. The van der Waals surface area contributed by atoms with Crippen molar-refractivity contribution in [3.8, 4) is 34.5 Å². The Morgan fingerprint density at radius 3 is 1.06 bits per heavy atom. The molecule has 6 atom stereocenters. The smallest absolute Gasteiger partial charge is 0.329 e. The van der Waals surface area contributed by atoms with Gasteiger partial charge in [0.25, 0.3) is 0 Å². The van der Waals surface area contributed by atoms with E-state index in [9.17, 15) is 52.6 Å². The van der Waals surface area contributed by atoms with Gasteiger partial charge in [0, 0.05) is 121 Å². The molecule has 0 radical (unpaired) electrons. The number of carbonyl (C=O) groups excluding carboxylic acids is 8. The Labute approximate surface area is 773 Å². The maximum Gasteiger partial charge on any atom is 0.329 e. The van der Waals surface area contributed by atoms with Crippen LogP contribution in [0.1, 0.15) is 171 Å². The minimum absolute atomic E-state index is 0. The summed E-state index contributed by atoms with van der Waals surface area (Å²) in [6.45, 7) is 16.3. The predicted octanol–water partition coefficient (Wildman–Crippen LogP) is 13.7. The molecule has 29 heteroatoms. The number of carbonyl (C=O) groups is 9. The van der Waals surface area contributed by atoms with Crippen LogP contribution in [0.4, 0.5) is 4.39 Å². The van der Waals surface area contributed by atoms with Gasteiger partial charge in [-0.3, -0.25) is 52.7 Å². The Balaban J connectivity index is 0.000000277. The molecule has 24 nitrogen and oxygen atoms in total. The van der Waals surface area contributed by atoms with Crippen LogP contribution in [0.5, 0.6) is 34.5 Å². The third kappa shape index (κ3) is 37.9. The summed E-state index contributed by atoms with van der Waals surface area (Å²) in [5.41, 5.74) is 10.3. The number of halogens is 1. The van der Waals surface area contributed by atoms with Crippen molar-refractivity contribution < 1.29 is 87.2 Å². The number of nitrogens with zero attached hydrogens (tertiary/aromatic N) is 3. The Morgan fingerprint density at radius 1 is 0.468 bits per heavy atom. The summed E-state index contributed by atoms with van der Waals surface area (Å²) in [6, 6.07) is 43.6. The van der Waals surface area contributed by atoms with E-state index in [1.54, 1.807) is 32.9 Å². The summed E-state index contributed by atoms with van der Waals surface area (Å²) in [6.07, 6.45) is 15.7. The third-order valence-corrected chi connectivity index (χ3v) is 23.4. The highest BCUT2D eigenvalue weighted by Gasteiger charge is 2.35. The van der Waals surface area contributed by atoms with Gasteiger partial charge >= 0.3 is 11.9 Å². The number of hydrogen-bond donors (Lipinski definition) is 5. The maximum absolute atomic E-state index is 13.8. The molecule has 14 rings (SSSR count). The van der Waals surface area contributed by atoms with Gasteiger partial charge in [-0.15, -0.1) is 0 Å². The summed E-state index contributed by atoms with van der Waals surface area (Å²) in [7, 11) is -2.87. The standard InChI is InChI=1S/C33H42N2O5.C31H40N2O6.C27H32N2O6.C5H11N.CH3F.H3P.3H2S/c36-28-12-11-25-7-3-9-29(19-25)40-30-10-4-8-26(20-30)21-31(32(37)22-24-5-1-2-6-24)34-33(38)27(23-28)13-14-35-15-17-39-18-16-35;1-31(2,3)39-30(36)28-20-23-7-5-9-27(19-23)38-26-8-4-6-22(18-26)10-11-25(34)21-24(29(35)32-28)12-13-33-14-16-37-17-15-33;30-22-8-7-19-3-1-5-23(15-19)35-24-6-2-4-20(16-24)17-25(27(32)33)28-26(31)21(18-22)9-10-29-11-13-34-14-12-29;6-5-3-1-2-4-5;1-2;;;;/h3-4,7-10,19-20,24,27,31H,1-2,5-6,11-18,21-23H2,(H,34,38);4-9,18-19,24,28H,10-17,20-21H2,1-3H3,(H,32,35);1-6,15-16,21,25H,7-14,17-18H2,(H,28,31)(H,32,33);5H,1-4,6H2;1H3;1H3;3*1H2/t27-,31+;24-,28+;21-,25+;;;;;;/m111....../s1/i;;;;1D;1T3;;;. The SMILES string of the molecule is CC(C)(C)OC(=O)[C@@H]1Cc2cccc(c2)Oc2cccc(c2)CCC(=O)C[C@@H](CCN2CCOCC2)C(=O)N1.NC1CCCC1.O=C1CCc2cccc(c2)Oc2cccc(c2)C[C@@H](C(=O)CC2CCCC2)NC(=O)[C@H](CCN2CCOCC2)C1.O=C1CCc2cccc(c2)Oc2cccc(c2)C[C@@H](C(=O)O)NC(=O)[C@H](CCN2CCOCC2)C1.S.S.S.[2H]CF.[3H]P([3H])[3H]. The van der Waals surface area contributed by atoms with Crippen molar-refractivity contribution in [2.45, 2.75) is 205 Å². The normalized spacial score (nSPS) is 21.9. The lowest BCUT2D eigenvalue weighted by Gasteiger charge is -2.29. The molecule has 0 unspecified atom stereocenters. The van der Waals surface area contributed by atoms with Crippen molar-refractivity contribution in [2.24, 2.45) is 29.4 Å². The number of aryl methyl sites for hydroxylation is 3. The van der Waals surface area contributed by atoms with Crippen molar-refractivity contribution in [1.82, 2.24) is 30.7 Å². The highest BCUT2D eigenvalue weighted by atomic mass is 32.1. The number of hydrogen-bond acceptors (Lipinski definition) is 20. The van der Waals surface area contributed by atoms with Gasteiger partial charge < -0.3 is 59.9 Å². The molecule has 6 aliphatic heterocycles. The van der Waals surface area contributed by atoms with Crippen molar-refractivity contribution >= 4 is 103 Å². The van der Waals surface area contributed by atoms with E-state index in [0.29, 0.717) is 164 Å². The molecule has 3 amide bonds. The van der Waals surface area contributed by atoms with Gasteiger partial charge in [-0.05, 0) is 210 Å². The minimum Gasteiger partial charge on any atom is -0.480 e. The lowest BCUT2D eigenvalue weighted by molar-refractivity contribution is -0.159. The second kappa shape index (κ2) is 56.4. The van der Waals surface area contributed by atoms with Crippen LogP contribution in [0, 0.1) is 23.7 Å². The number of fused-ring (bicyclic) bond motifs is 12. The van der Waals surface area contributed by atoms with Gasteiger partial charge in [0.15, 0.2) is 5.78 Å². The Kier molecular flexibility index (Phi) is 44.7. The summed E-state index contributed by atoms with van der Waals surface area (Å²) in [5.74, 6) is 0.442. The van der Waals surface area contributed by atoms with Crippen LogP contribution in [-0.4, -0.2) is 212 Å². The van der Waals surface area contributed by atoms with Crippen molar-refractivity contribution in [3.63, 3.8) is 0 Å². The van der Waals surface area contributed by atoms with Crippen LogP contribution in [-0.2, 0) is 101 Å². The minimum atomic E-state index is -1.87. The Hall–Kier alpha value is -8.12. The number of aliphatic carboxylic acids is 1. The van der Waals surface area contributed by atoms with Gasteiger partial charge in [0.2, 0.25) is 17.7 Å². The average molecular weight is 1830 g/mol. The van der Waals surface area contributed by atoms with Gasteiger partial charge in [0.05, 0.1) is 58.0 Å². The molecular weight excluding hydrogens is 1680 g/mol. The summed E-state index contributed by atoms with van der Waals surface area (Å²) in [5, 5.41) is 18.6. The molecule has 6 heterocycles. The maximum atomic E-state index is 13.8. The van der Waals surface area contributed by atoms with Gasteiger partial charge in [0.1, 0.15) is 69.5 Å². The fraction of sp³-hybridized carbons (Fsp3) is 0.536. The number of ether oxygens (including phenoxy) is 7. The molecule has 2 aliphatic carbocycles. The van der Waals surface area contributed by atoms with E-state index in [-0.39, 0.29) is 113 Å². The monoisotopic (exact) mass is 1820 g/mol. The number of carboxylic acids is 1. The highest BCUT2D eigenvalue weighted by molar-refractivity contribution is 7.59. The van der Waals surface area contributed by atoms with Crippen LogP contribution < -0.4 is 35.9 Å². The molecule has 6 aromatic rings. The van der Waals surface area contributed by atoms with Crippen LogP contribution in [0.15, 0.2) is 146 Å². The number of morpholine rings is 3. The number of nitrogens with two attached hydrogens (primary N) is 1. The molecule has 0 spiro atoms. The molecule has 2 saturated carbocycles. The first kappa shape index (κ1) is 100. The largest absolute Gasteiger partial charge is 0.480 e. The predicted molar refractivity (Wildman–Crippen MR) is 506 cm³/mol. The second-order valence-electron chi connectivity index (χ2n) is 34.3. The number of esters is 1. The first-order chi connectivity index (χ1) is 61.2. The molecule has 6 N–H and O–H groups in total. The summed E-state index contributed by atoms with van der Waals surface area (Å²) >= 11 is 0. The van der Waals surface area contributed by atoms with Gasteiger partial charge in [-0.1, -0.05) is 111 Å². The zero-order valence-electron chi connectivity index (χ0n) is 77.5. The Morgan fingerprint density at radius 2 is 0.754 bits per heavy atom. The van der Waals surface area contributed by atoms with Gasteiger partial charge in [-0.2, -0.15) is 50.2 Å². The Bertz CT molecular complexity index is 4480. The van der Waals surface area contributed by atoms with Crippen molar-refractivity contribution in [2.75, 3.05) is 106 Å². The highest BCUT2D eigenvalue weighted by Crippen LogP contribution is 2.33. The fourth-order valence-corrected chi connectivity index (χ4v) is 16.5. The lowest BCUT2D eigenvalue weighted by atomic mass is 9.91. The van der Waals surface area contributed by atoms with E-state index in [1.165, 1.54) is 38.5 Å². The number of carboxylic acid groups (broad SMARTS) is 1. The average Bonchev–Trinajstić information content (AvgIpc) is 0.860. The molecule has 5 fully saturated rings. The number of nitrogens with one attached hydrogen (secondary N) is 3.